The molecule has 2 aromatic carbocycles. The average molecular weight is 545 g/mol. The van der Waals surface area contributed by atoms with Crippen molar-refractivity contribution in [2.45, 2.75) is 36.5 Å². The molecule has 0 bridgehead atoms. The maximum absolute atomic E-state index is 12.0. The summed E-state index contributed by atoms with van der Waals surface area (Å²) in [5.74, 6) is -3.82. The number of carbonyl (C=O) groups is 4. The molecule has 4 N–H and O–H groups in total. The highest BCUT2D eigenvalue weighted by Gasteiger charge is 2.22. The number of carboxylic acid groups (broad SMARTS) is 2. The van der Waals surface area contributed by atoms with Gasteiger partial charge in [-0.1, -0.05) is 35.4 Å². The number of hydrogen-bond donors (Lipinski definition) is 4. The zero-order valence-corrected chi connectivity index (χ0v) is 21.4. The van der Waals surface area contributed by atoms with Gasteiger partial charge in [-0.05, 0) is 48.2 Å². The van der Waals surface area contributed by atoms with E-state index in [-0.39, 0.29) is 22.9 Å². The molecular formula is C22H22Cl2N2O6S2. The van der Waals surface area contributed by atoms with E-state index in [2.05, 4.69) is 10.6 Å². The monoisotopic (exact) mass is 544 g/mol. The molecule has 0 unspecified atom stereocenters. The number of carboxylic acids is 2. The Labute approximate surface area is 214 Å². The van der Waals surface area contributed by atoms with Crippen molar-refractivity contribution in [1.82, 2.24) is 0 Å². The van der Waals surface area contributed by atoms with Crippen molar-refractivity contribution in [2.75, 3.05) is 22.4 Å². The summed E-state index contributed by atoms with van der Waals surface area (Å²) < 4.78 is 0. The molecule has 0 saturated heterocycles. The van der Waals surface area contributed by atoms with Gasteiger partial charge >= 0.3 is 11.9 Å². The maximum atomic E-state index is 12.0. The summed E-state index contributed by atoms with van der Waals surface area (Å²) in [5, 5.41) is 24.4. The van der Waals surface area contributed by atoms with E-state index in [9.17, 15) is 29.4 Å². The third-order valence-electron chi connectivity index (χ3n) is 4.71. The Morgan fingerprint density at radius 2 is 1.09 bits per heavy atom. The molecule has 0 aliphatic heterocycles. The Kier molecular flexibility index (Phi) is 10.6. The first-order chi connectivity index (χ1) is 16.2. The SMILES string of the molecule is CCc1c(C(=O)O)ccc(SSc2ccc(C(=O)O)c(CC)c2NC(=O)CCl)c1NC(=O)CCl. The van der Waals surface area contributed by atoms with Crippen LogP contribution in [0.25, 0.3) is 0 Å². The molecule has 0 radical (unpaired) electrons. The molecule has 0 saturated carbocycles. The Hall–Kier alpha value is -2.40. The highest BCUT2D eigenvalue weighted by molar-refractivity contribution is 8.76. The third-order valence-corrected chi connectivity index (χ3v) is 7.65. The van der Waals surface area contributed by atoms with Crippen LogP contribution in [0.15, 0.2) is 34.1 Å². The smallest absolute Gasteiger partial charge is 0.336 e. The summed E-state index contributed by atoms with van der Waals surface area (Å²) in [6, 6.07) is 6.07. The van der Waals surface area contributed by atoms with E-state index >= 15 is 0 Å². The van der Waals surface area contributed by atoms with Crippen molar-refractivity contribution in [2.24, 2.45) is 0 Å². The first kappa shape index (κ1) is 27.8. The lowest BCUT2D eigenvalue weighted by Crippen LogP contribution is -2.17. The fourth-order valence-electron chi connectivity index (χ4n) is 3.24. The van der Waals surface area contributed by atoms with Crippen LogP contribution in [0.2, 0.25) is 0 Å². The van der Waals surface area contributed by atoms with Crippen molar-refractivity contribution >= 4 is 79.9 Å². The minimum absolute atomic E-state index is 0.0656. The Morgan fingerprint density at radius 3 is 1.35 bits per heavy atom. The Balaban J connectivity index is 2.55. The summed E-state index contributed by atoms with van der Waals surface area (Å²) in [6.45, 7) is 3.55. The summed E-state index contributed by atoms with van der Waals surface area (Å²) in [7, 11) is 2.44. The number of halogens is 2. The molecular weight excluding hydrogens is 523 g/mol. The van der Waals surface area contributed by atoms with Gasteiger partial charge in [-0.25, -0.2) is 9.59 Å². The summed E-state index contributed by atoms with van der Waals surface area (Å²) in [6.07, 6.45) is 0.700. The van der Waals surface area contributed by atoms with Gasteiger partial charge in [0.05, 0.1) is 22.5 Å². The van der Waals surface area contributed by atoms with Crippen LogP contribution < -0.4 is 10.6 Å². The number of amides is 2. The number of anilines is 2. The minimum atomic E-state index is -1.12. The first-order valence-electron chi connectivity index (χ1n) is 10.0. The van der Waals surface area contributed by atoms with Crippen molar-refractivity contribution in [1.29, 1.82) is 0 Å². The lowest BCUT2D eigenvalue weighted by molar-refractivity contribution is -0.114. The fraction of sp³-hybridized carbons (Fsp3) is 0.273. The topological polar surface area (TPSA) is 133 Å². The standard InChI is InChI=1S/C22H22Cl2N2O6S2/c1-3-11-13(21(29)30)5-7-15(19(11)25-17(27)9-23)33-34-16-8-6-14(22(31)32)12(4-2)20(16)26-18(28)10-24/h5-8H,3-4,9-10H2,1-2H3,(H,25,27)(H,26,28)(H,29,30)(H,31,32). The number of hydrogen-bond acceptors (Lipinski definition) is 6. The minimum Gasteiger partial charge on any atom is -0.478 e. The number of rotatable bonds is 11. The van der Waals surface area contributed by atoms with Crippen molar-refractivity contribution in [3.63, 3.8) is 0 Å². The summed E-state index contributed by atoms with van der Waals surface area (Å²) in [5.41, 5.74) is 1.71. The van der Waals surface area contributed by atoms with Gasteiger partial charge in [0, 0.05) is 9.79 Å². The second-order valence-corrected chi connectivity index (χ2v) is 9.52. The lowest BCUT2D eigenvalue weighted by Gasteiger charge is -2.18. The van der Waals surface area contributed by atoms with Crippen LogP contribution >= 0.6 is 44.8 Å². The van der Waals surface area contributed by atoms with Gasteiger partial charge in [-0.2, -0.15) is 0 Å². The third kappa shape index (κ3) is 6.59. The van der Waals surface area contributed by atoms with E-state index in [4.69, 9.17) is 23.2 Å². The van der Waals surface area contributed by atoms with E-state index in [1.807, 2.05) is 0 Å². The molecule has 12 heteroatoms. The quantitative estimate of drug-likeness (QED) is 0.219. The largest absolute Gasteiger partial charge is 0.478 e. The van der Waals surface area contributed by atoms with E-state index < -0.39 is 23.8 Å². The van der Waals surface area contributed by atoms with E-state index in [1.165, 1.54) is 33.7 Å². The highest BCUT2D eigenvalue weighted by Crippen LogP contribution is 2.46. The average Bonchev–Trinajstić information content (AvgIpc) is 2.82. The number of benzene rings is 2. The zero-order valence-electron chi connectivity index (χ0n) is 18.2. The molecule has 0 aliphatic carbocycles. The number of aromatic carboxylic acids is 2. The molecule has 34 heavy (non-hydrogen) atoms. The molecule has 0 aliphatic rings. The molecule has 2 aromatic rings. The van der Waals surface area contributed by atoms with Crippen LogP contribution in [-0.4, -0.2) is 45.7 Å². The van der Waals surface area contributed by atoms with E-state index in [1.54, 1.807) is 26.0 Å². The van der Waals surface area contributed by atoms with Gasteiger partial charge in [-0.15, -0.1) is 23.2 Å². The Morgan fingerprint density at radius 1 is 0.735 bits per heavy atom. The van der Waals surface area contributed by atoms with E-state index in [0.29, 0.717) is 45.1 Å². The van der Waals surface area contributed by atoms with Crippen LogP contribution in [0.5, 0.6) is 0 Å². The molecule has 0 fully saturated rings. The Bertz CT molecular complexity index is 1040. The predicted octanol–water partition coefficient (Wildman–Crippen LogP) is 5.36. The molecule has 2 rings (SSSR count). The van der Waals surface area contributed by atoms with Crippen molar-refractivity contribution in [3.8, 4) is 0 Å². The molecule has 8 nitrogen and oxygen atoms in total. The van der Waals surface area contributed by atoms with Gasteiger partial charge in [-0.3, -0.25) is 9.59 Å². The molecule has 0 aromatic heterocycles. The second kappa shape index (κ2) is 12.9. The molecule has 2 amide bonds. The summed E-state index contributed by atoms with van der Waals surface area (Å²) in [4.78, 5) is 48.5. The second-order valence-electron chi connectivity index (χ2n) is 6.78. The van der Waals surface area contributed by atoms with Crippen LogP contribution in [0.3, 0.4) is 0 Å². The molecule has 0 atom stereocenters. The van der Waals surface area contributed by atoms with E-state index in [0.717, 1.165) is 0 Å². The molecule has 0 heterocycles. The van der Waals surface area contributed by atoms with Crippen LogP contribution in [0, 0.1) is 0 Å². The predicted molar refractivity (Wildman–Crippen MR) is 136 cm³/mol. The van der Waals surface area contributed by atoms with Crippen molar-refractivity contribution < 1.29 is 29.4 Å². The normalized spacial score (nSPS) is 10.6. The zero-order chi connectivity index (χ0) is 25.4. The van der Waals surface area contributed by atoms with Gasteiger partial charge in [0.25, 0.3) is 0 Å². The maximum Gasteiger partial charge on any atom is 0.336 e. The number of nitrogens with one attached hydrogen (secondary N) is 2. The van der Waals surface area contributed by atoms with Gasteiger partial charge in [0.15, 0.2) is 0 Å². The summed E-state index contributed by atoms with van der Waals surface area (Å²) >= 11 is 11.3. The number of alkyl halides is 2. The lowest BCUT2D eigenvalue weighted by atomic mass is 10.0. The van der Waals surface area contributed by atoms with Crippen LogP contribution in [0.4, 0.5) is 11.4 Å². The first-order valence-corrected chi connectivity index (χ1v) is 13.2. The van der Waals surface area contributed by atoms with Crippen LogP contribution in [0.1, 0.15) is 45.7 Å². The molecule has 182 valence electrons. The van der Waals surface area contributed by atoms with Gasteiger partial charge in [0.2, 0.25) is 11.8 Å². The highest BCUT2D eigenvalue weighted by atomic mass is 35.5. The van der Waals surface area contributed by atoms with Gasteiger partial charge in [0.1, 0.15) is 11.8 Å². The number of carbonyl (C=O) groups excluding carboxylic acids is 2. The fourth-order valence-corrected chi connectivity index (χ4v) is 5.68. The van der Waals surface area contributed by atoms with Crippen molar-refractivity contribution in [3.05, 3.63) is 46.5 Å². The van der Waals surface area contributed by atoms with Crippen LogP contribution in [-0.2, 0) is 22.4 Å². The van der Waals surface area contributed by atoms with Gasteiger partial charge < -0.3 is 20.8 Å². The molecule has 0 spiro atoms.